The van der Waals surface area contributed by atoms with Crippen LogP contribution in [0.5, 0.6) is 5.75 Å². The van der Waals surface area contributed by atoms with E-state index in [1.54, 1.807) is 19.2 Å². The van der Waals surface area contributed by atoms with Crippen LogP contribution < -0.4 is 15.4 Å². The fourth-order valence-corrected chi connectivity index (χ4v) is 2.62. The van der Waals surface area contributed by atoms with Crippen LogP contribution in [0.3, 0.4) is 0 Å². The summed E-state index contributed by atoms with van der Waals surface area (Å²) < 4.78 is 25.0. The summed E-state index contributed by atoms with van der Waals surface area (Å²) in [6.45, 7) is 0.926. The van der Waals surface area contributed by atoms with E-state index in [-0.39, 0.29) is 29.5 Å². The van der Waals surface area contributed by atoms with Crippen molar-refractivity contribution in [3.8, 4) is 5.75 Å². The molecule has 0 unspecified atom stereocenters. The molecule has 2 aromatic rings. The van der Waals surface area contributed by atoms with Gasteiger partial charge in [0.15, 0.2) is 11.6 Å². The monoisotopic (exact) mass is 362 g/mol. The molecule has 2 heterocycles. The third-order valence-electron chi connectivity index (χ3n) is 3.98. The van der Waals surface area contributed by atoms with E-state index >= 15 is 0 Å². The van der Waals surface area contributed by atoms with Crippen molar-refractivity contribution >= 4 is 17.7 Å². The van der Waals surface area contributed by atoms with Gasteiger partial charge < -0.3 is 25.2 Å². The van der Waals surface area contributed by atoms with Gasteiger partial charge in [0.2, 0.25) is 5.95 Å². The molecule has 1 aromatic heterocycles. The molecule has 9 heteroatoms. The summed E-state index contributed by atoms with van der Waals surface area (Å²) in [5.74, 6) is -0.605. The molecule has 3 N–H and O–H groups in total. The molecule has 1 fully saturated rings. The number of anilines is 2. The lowest BCUT2D eigenvalue weighted by Crippen LogP contribution is -2.46. The first-order valence-electron chi connectivity index (χ1n) is 8.11. The molecule has 0 aliphatic carbocycles. The molecule has 26 heavy (non-hydrogen) atoms. The van der Waals surface area contributed by atoms with Crippen LogP contribution in [0.15, 0.2) is 30.5 Å². The van der Waals surface area contributed by atoms with Gasteiger partial charge in [0, 0.05) is 13.5 Å². The molecule has 138 valence electrons. The molecular weight excluding hydrogens is 343 g/mol. The number of rotatable bonds is 6. The van der Waals surface area contributed by atoms with Crippen molar-refractivity contribution in [2.45, 2.75) is 18.6 Å². The maximum Gasteiger partial charge on any atom is 0.335 e. The fraction of sp³-hybridized carbons (Fsp3) is 0.353. The number of benzene rings is 1. The zero-order chi connectivity index (χ0) is 18.5. The first-order chi connectivity index (χ1) is 12.6. The quantitative estimate of drug-likeness (QED) is 0.717. The lowest BCUT2D eigenvalue weighted by Gasteiger charge is -2.32. The van der Waals surface area contributed by atoms with Crippen LogP contribution in [0.25, 0.3) is 0 Å². The zero-order valence-corrected chi connectivity index (χ0v) is 14.1. The van der Waals surface area contributed by atoms with E-state index in [1.807, 2.05) is 0 Å². The Hall–Kier alpha value is -2.94. The Morgan fingerprint density at radius 3 is 2.85 bits per heavy atom. The highest BCUT2D eigenvalue weighted by Gasteiger charge is 2.28. The van der Waals surface area contributed by atoms with Crippen LogP contribution >= 0.6 is 0 Å². The fourth-order valence-electron chi connectivity index (χ4n) is 2.62. The SMILES string of the molecule is CNc1nc(N[C@@H]2COCC[C@H]2Oc2ccc(C(=O)O)cc2)ncc1F. The molecule has 1 saturated heterocycles. The highest BCUT2D eigenvalue weighted by Crippen LogP contribution is 2.21. The molecule has 2 atom stereocenters. The number of carboxylic acid groups (broad SMARTS) is 1. The number of hydrogen-bond donors (Lipinski definition) is 3. The summed E-state index contributed by atoms with van der Waals surface area (Å²) in [5.41, 5.74) is 0.193. The first kappa shape index (κ1) is 17.9. The Kier molecular flexibility index (Phi) is 5.47. The van der Waals surface area contributed by atoms with E-state index in [9.17, 15) is 9.18 Å². The standard InChI is InChI=1S/C17H19FN4O4/c1-19-15-12(18)8-20-17(22-15)21-13-9-25-7-6-14(13)26-11-4-2-10(3-5-11)16(23)24/h2-5,8,13-14H,6-7,9H2,1H3,(H,23,24)(H2,19,20,21,22)/t13-,14-/m1/s1. The lowest BCUT2D eigenvalue weighted by molar-refractivity contribution is 0.0145. The molecule has 1 aromatic carbocycles. The van der Waals surface area contributed by atoms with E-state index in [0.717, 1.165) is 6.20 Å². The summed E-state index contributed by atoms with van der Waals surface area (Å²) in [7, 11) is 1.58. The summed E-state index contributed by atoms with van der Waals surface area (Å²) in [6, 6.07) is 5.97. The molecule has 8 nitrogen and oxygen atoms in total. The number of aromatic nitrogens is 2. The second-order valence-corrected chi connectivity index (χ2v) is 5.74. The molecule has 0 saturated carbocycles. The molecule has 0 amide bonds. The van der Waals surface area contributed by atoms with Gasteiger partial charge in [-0.2, -0.15) is 4.98 Å². The highest BCUT2D eigenvalue weighted by atomic mass is 19.1. The number of halogens is 1. The van der Waals surface area contributed by atoms with Crippen LogP contribution in [-0.2, 0) is 4.74 Å². The Morgan fingerprint density at radius 1 is 1.38 bits per heavy atom. The number of carbonyl (C=O) groups is 1. The largest absolute Gasteiger partial charge is 0.488 e. The van der Waals surface area contributed by atoms with E-state index in [4.69, 9.17) is 14.6 Å². The molecule has 3 rings (SSSR count). The Balaban J connectivity index is 1.70. The summed E-state index contributed by atoms with van der Waals surface area (Å²) in [6.07, 6.45) is 1.50. The van der Waals surface area contributed by atoms with Crippen molar-refractivity contribution in [1.29, 1.82) is 0 Å². The Labute approximate surface area is 149 Å². The molecule has 0 radical (unpaired) electrons. The average molecular weight is 362 g/mol. The number of nitrogens with one attached hydrogen (secondary N) is 2. The normalized spacial score (nSPS) is 19.6. The van der Waals surface area contributed by atoms with Crippen LogP contribution in [-0.4, -0.2) is 53.5 Å². The predicted molar refractivity (Wildman–Crippen MR) is 92.2 cm³/mol. The smallest absolute Gasteiger partial charge is 0.335 e. The van der Waals surface area contributed by atoms with Crippen molar-refractivity contribution in [2.75, 3.05) is 30.9 Å². The Bertz CT molecular complexity index is 772. The highest BCUT2D eigenvalue weighted by molar-refractivity contribution is 5.87. The predicted octanol–water partition coefficient (Wildman–Crippen LogP) is 2.00. The lowest BCUT2D eigenvalue weighted by atomic mass is 10.1. The summed E-state index contributed by atoms with van der Waals surface area (Å²) in [4.78, 5) is 18.9. The topological polar surface area (TPSA) is 106 Å². The van der Waals surface area contributed by atoms with Crippen molar-refractivity contribution < 1.29 is 23.8 Å². The second-order valence-electron chi connectivity index (χ2n) is 5.74. The van der Waals surface area contributed by atoms with E-state index in [0.29, 0.717) is 25.4 Å². The van der Waals surface area contributed by atoms with Crippen LogP contribution in [0, 0.1) is 5.82 Å². The molecule has 1 aliphatic heterocycles. The number of ether oxygens (including phenoxy) is 2. The maximum atomic E-state index is 13.5. The third-order valence-corrected chi connectivity index (χ3v) is 3.98. The van der Waals surface area contributed by atoms with Gasteiger partial charge in [0.25, 0.3) is 0 Å². The summed E-state index contributed by atoms with van der Waals surface area (Å²) >= 11 is 0. The van der Waals surface area contributed by atoms with Gasteiger partial charge in [-0.1, -0.05) is 0 Å². The van der Waals surface area contributed by atoms with Crippen LogP contribution in [0.2, 0.25) is 0 Å². The molecular formula is C17H19FN4O4. The van der Waals surface area contributed by atoms with E-state index < -0.39 is 11.8 Å². The number of carboxylic acids is 1. The number of nitrogens with zero attached hydrogens (tertiary/aromatic N) is 2. The Morgan fingerprint density at radius 2 is 2.15 bits per heavy atom. The molecule has 0 bridgehead atoms. The van der Waals surface area contributed by atoms with Crippen LogP contribution in [0.1, 0.15) is 16.8 Å². The van der Waals surface area contributed by atoms with Crippen LogP contribution in [0.4, 0.5) is 16.2 Å². The minimum Gasteiger partial charge on any atom is -0.488 e. The van der Waals surface area contributed by atoms with Gasteiger partial charge >= 0.3 is 5.97 Å². The number of aromatic carboxylic acids is 1. The van der Waals surface area contributed by atoms with Gasteiger partial charge in [-0.05, 0) is 24.3 Å². The summed E-state index contributed by atoms with van der Waals surface area (Å²) in [5, 5.41) is 14.7. The van der Waals surface area contributed by atoms with Gasteiger partial charge in [0.05, 0.1) is 31.0 Å². The van der Waals surface area contributed by atoms with Gasteiger partial charge in [0.1, 0.15) is 11.9 Å². The molecule has 1 aliphatic rings. The van der Waals surface area contributed by atoms with Gasteiger partial charge in [-0.3, -0.25) is 0 Å². The minimum atomic E-state index is -0.990. The second kappa shape index (κ2) is 7.96. The molecule has 0 spiro atoms. The van der Waals surface area contributed by atoms with Crippen molar-refractivity contribution in [1.82, 2.24) is 9.97 Å². The third kappa shape index (κ3) is 4.17. The van der Waals surface area contributed by atoms with Gasteiger partial charge in [-0.25, -0.2) is 14.2 Å². The van der Waals surface area contributed by atoms with E-state index in [1.165, 1.54) is 12.1 Å². The van der Waals surface area contributed by atoms with Crippen molar-refractivity contribution in [3.63, 3.8) is 0 Å². The zero-order valence-electron chi connectivity index (χ0n) is 14.1. The maximum absolute atomic E-state index is 13.5. The average Bonchev–Trinajstić information content (AvgIpc) is 2.65. The first-order valence-corrected chi connectivity index (χ1v) is 8.11. The minimum absolute atomic E-state index is 0.0981. The van der Waals surface area contributed by atoms with Gasteiger partial charge in [-0.15, -0.1) is 0 Å². The van der Waals surface area contributed by atoms with E-state index in [2.05, 4.69) is 20.6 Å². The van der Waals surface area contributed by atoms with Crippen molar-refractivity contribution in [2.24, 2.45) is 0 Å². The van der Waals surface area contributed by atoms with Crippen molar-refractivity contribution in [3.05, 3.63) is 41.8 Å². The number of hydrogen-bond acceptors (Lipinski definition) is 7.